The first-order valence-corrected chi connectivity index (χ1v) is 7.45. The predicted octanol–water partition coefficient (Wildman–Crippen LogP) is 2.82. The van der Waals surface area contributed by atoms with Crippen LogP contribution in [0.15, 0.2) is 60.7 Å². The fourth-order valence-corrected chi connectivity index (χ4v) is 2.84. The molecular formula is C18H14N3O2. The zero-order valence-corrected chi connectivity index (χ0v) is 12.3. The molecule has 2 aromatic carbocycles. The van der Waals surface area contributed by atoms with Crippen molar-refractivity contribution in [2.75, 3.05) is 13.1 Å². The van der Waals surface area contributed by atoms with E-state index in [1.54, 1.807) is 6.07 Å². The Morgan fingerprint density at radius 2 is 1.83 bits per heavy atom. The Hall–Kier alpha value is -2.92. The molecule has 1 aliphatic heterocycles. The first kappa shape index (κ1) is 13.7. The number of aromatic nitrogens is 1. The molecule has 1 aromatic heterocycles. The van der Waals surface area contributed by atoms with Gasteiger partial charge in [-0.1, -0.05) is 41.5 Å². The van der Waals surface area contributed by atoms with Gasteiger partial charge in [-0.3, -0.25) is 4.74 Å². The Kier molecular flexibility index (Phi) is 3.20. The van der Waals surface area contributed by atoms with Crippen LogP contribution in [0.5, 0.6) is 0 Å². The second-order valence-corrected chi connectivity index (χ2v) is 5.50. The number of benzene rings is 2. The smallest absolute Gasteiger partial charge is 0.315 e. The number of nitrogens with zero attached hydrogens (tertiary/aromatic N) is 3. The lowest BCUT2D eigenvalue weighted by molar-refractivity contribution is -0.445. The number of pyridine rings is 1. The largest absolute Gasteiger partial charge is 0.715 e. The molecule has 3 aromatic rings. The third-order valence-electron chi connectivity index (χ3n) is 4.00. The summed E-state index contributed by atoms with van der Waals surface area (Å²) in [5.74, 6) is 0.180. The molecule has 0 amide bonds. The second kappa shape index (κ2) is 5.37. The van der Waals surface area contributed by atoms with E-state index in [1.165, 1.54) is 0 Å². The molecule has 0 spiro atoms. The summed E-state index contributed by atoms with van der Waals surface area (Å²) < 4.78 is 0.750. The lowest BCUT2D eigenvalue weighted by Gasteiger charge is -2.08. The van der Waals surface area contributed by atoms with Gasteiger partial charge < -0.3 is 5.21 Å². The average Bonchev–Trinajstić information content (AvgIpc) is 2.93. The molecule has 113 valence electrons. The Bertz CT molecular complexity index is 907. The number of hydroxylamine groups is 3. The van der Waals surface area contributed by atoms with Crippen LogP contribution >= 0.6 is 0 Å². The van der Waals surface area contributed by atoms with E-state index in [9.17, 15) is 10.4 Å². The van der Waals surface area contributed by atoms with E-state index in [2.05, 4.69) is 4.98 Å². The van der Waals surface area contributed by atoms with Gasteiger partial charge in [-0.15, -0.1) is 0 Å². The molecule has 0 N–H and O–H groups in total. The first-order valence-electron chi connectivity index (χ1n) is 7.45. The SMILES string of the molecule is [O]N1CC[N+]([O-])=C1c1ccc2nc(-c3ccccc3)ccc2c1. The van der Waals surface area contributed by atoms with Crippen molar-refractivity contribution in [1.29, 1.82) is 0 Å². The van der Waals surface area contributed by atoms with Crippen LogP contribution in [0.25, 0.3) is 22.2 Å². The molecule has 1 radical (unpaired) electrons. The van der Waals surface area contributed by atoms with E-state index in [1.807, 2.05) is 54.6 Å². The molecule has 1 aliphatic rings. The lowest BCUT2D eigenvalue weighted by atomic mass is 10.1. The van der Waals surface area contributed by atoms with Crippen molar-refractivity contribution in [1.82, 2.24) is 10.0 Å². The van der Waals surface area contributed by atoms with Crippen LogP contribution < -0.4 is 0 Å². The highest BCUT2D eigenvalue weighted by Gasteiger charge is 2.29. The molecule has 0 aliphatic carbocycles. The van der Waals surface area contributed by atoms with Crippen LogP contribution in [-0.2, 0) is 5.21 Å². The van der Waals surface area contributed by atoms with Gasteiger partial charge in [-0.2, -0.15) is 0 Å². The van der Waals surface area contributed by atoms with Crippen LogP contribution in [0.1, 0.15) is 5.56 Å². The molecule has 0 bridgehead atoms. The van der Waals surface area contributed by atoms with Gasteiger partial charge in [0.05, 0.1) is 16.8 Å². The van der Waals surface area contributed by atoms with Crippen LogP contribution in [0, 0.1) is 5.21 Å². The van der Waals surface area contributed by atoms with Crippen LogP contribution in [-0.4, -0.2) is 33.7 Å². The summed E-state index contributed by atoms with van der Waals surface area (Å²) in [6.45, 7) is 0.421. The van der Waals surface area contributed by atoms with Gasteiger partial charge >= 0.3 is 5.84 Å². The number of amidine groups is 1. The molecule has 0 atom stereocenters. The number of hydrogen-bond acceptors (Lipinski definition) is 3. The van der Waals surface area contributed by atoms with Gasteiger partial charge in [0, 0.05) is 16.2 Å². The molecule has 2 heterocycles. The molecule has 4 rings (SSSR count). The predicted molar refractivity (Wildman–Crippen MR) is 87.2 cm³/mol. The molecule has 0 saturated carbocycles. The average molecular weight is 304 g/mol. The van der Waals surface area contributed by atoms with Crippen LogP contribution in [0.4, 0.5) is 0 Å². The highest BCUT2D eigenvalue weighted by atomic mass is 16.5. The lowest BCUT2D eigenvalue weighted by Crippen LogP contribution is -2.24. The van der Waals surface area contributed by atoms with Gasteiger partial charge in [0.25, 0.3) is 0 Å². The zero-order valence-electron chi connectivity index (χ0n) is 12.3. The maximum absolute atomic E-state index is 11.8. The van der Waals surface area contributed by atoms with E-state index in [0.29, 0.717) is 5.56 Å². The molecule has 23 heavy (non-hydrogen) atoms. The van der Waals surface area contributed by atoms with Gasteiger partial charge in [-0.25, -0.2) is 4.98 Å². The maximum Gasteiger partial charge on any atom is 0.315 e. The minimum absolute atomic E-state index is 0.180. The third kappa shape index (κ3) is 2.41. The van der Waals surface area contributed by atoms with Gasteiger partial charge in [0.15, 0.2) is 6.54 Å². The highest BCUT2D eigenvalue weighted by molar-refractivity contribution is 5.98. The van der Waals surface area contributed by atoms with Crippen molar-refractivity contribution in [3.63, 3.8) is 0 Å². The van der Waals surface area contributed by atoms with Crippen molar-refractivity contribution in [2.45, 2.75) is 0 Å². The molecule has 5 heteroatoms. The van der Waals surface area contributed by atoms with Crippen molar-refractivity contribution >= 4 is 16.7 Å². The molecule has 0 unspecified atom stereocenters. The van der Waals surface area contributed by atoms with Gasteiger partial charge in [-0.05, 0) is 24.3 Å². The van der Waals surface area contributed by atoms with E-state index in [4.69, 9.17) is 0 Å². The highest BCUT2D eigenvalue weighted by Crippen LogP contribution is 2.22. The number of rotatable bonds is 2. The minimum atomic E-state index is 0.180. The van der Waals surface area contributed by atoms with E-state index >= 15 is 0 Å². The minimum Gasteiger partial charge on any atom is -0.715 e. The molecule has 5 nitrogen and oxygen atoms in total. The molecule has 0 fully saturated rings. The third-order valence-corrected chi connectivity index (χ3v) is 4.00. The number of hydrogen-bond donors (Lipinski definition) is 0. The Morgan fingerprint density at radius 3 is 2.57 bits per heavy atom. The summed E-state index contributed by atoms with van der Waals surface area (Å²) in [6.07, 6.45) is 0. The second-order valence-electron chi connectivity index (χ2n) is 5.50. The van der Waals surface area contributed by atoms with Crippen molar-refractivity contribution in [2.24, 2.45) is 0 Å². The van der Waals surface area contributed by atoms with E-state index in [0.717, 1.165) is 32.0 Å². The normalized spacial score (nSPS) is 14.7. The van der Waals surface area contributed by atoms with Crippen LogP contribution in [0.2, 0.25) is 0 Å². The fraction of sp³-hybridized carbons (Fsp3) is 0.111. The summed E-state index contributed by atoms with van der Waals surface area (Å²) in [6, 6.07) is 19.3. The standard InChI is InChI=1S/C18H14N3O2/c22-20-10-11-21(23)18(20)15-7-9-17-14(12-15)6-8-16(19-17)13-4-2-1-3-5-13/h1-9,12H,10-11H2. The Balaban J connectivity index is 1.78. The Morgan fingerprint density at radius 1 is 1.00 bits per heavy atom. The topological polar surface area (TPSA) is 62.1 Å². The summed E-state index contributed by atoms with van der Waals surface area (Å²) >= 11 is 0. The quantitative estimate of drug-likeness (QED) is 0.540. The fourth-order valence-electron chi connectivity index (χ4n) is 2.84. The maximum atomic E-state index is 11.8. The summed E-state index contributed by atoms with van der Waals surface area (Å²) in [4.78, 5) is 4.66. The van der Waals surface area contributed by atoms with Crippen LogP contribution in [0.3, 0.4) is 0 Å². The Labute approximate surface area is 133 Å². The van der Waals surface area contributed by atoms with Crippen molar-refractivity contribution in [3.8, 4) is 11.3 Å². The summed E-state index contributed by atoms with van der Waals surface area (Å²) in [7, 11) is 0. The molecular weight excluding hydrogens is 290 g/mol. The zero-order chi connectivity index (χ0) is 15.8. The van der Waals surface area contributed by atoms with E-state index < -0.39 is 0 Å². The summed E-state index contributed by atoms with van der Waals surface area (Å²) in [5.41, 5.74) is 3.42. The van der Waals surface area contributed by atoms with Gasteiger partial charge in [0.1, 0.15) is 6.54 Å². The number of fused-ring (bicyclic) bond motifs is 1. The van der Waals surface area contributed by atoms with Crippen molar-refractivity contribution < 1.29 is 9.95 Å². The monoisotopic (exact) mass is 304 g/mol. The van der Waals surface area contributed by atoms with Crippen molar-refractivity contribution in [3.05, 3.63) is 71.4 Å². The van der Waals surface area contributed by atoms with Gasteiger partial charge in [0.2, 0.25) is 0 Å². The first-order chi connectivity index (χ1) is 11.2. The van der Waals surface area contributed by atoms with E-state index in [-0.39, 0.29) is 18.9 Å². The molecule has 0 saturated heterocycles. The summed E-state index contributed by atoms with van der Waals surface area (Å²) in [5, 5.41) is 25.2.